The van der Waals surface area contributed by atoms with E-state index in [0.29, 0.717) is 159 Å². The topological polar surface area (TPSA) is 149 Å². The van der Waals surface area contributed by atoms with Crippen molar-refractivity contribution in [1.29, 1.82) is 0 Å². The molecule has 1 aliphatic carbocycles. The van der Waals surface area contributed by atoms with Crippen LogP contribution in [0.1, 0.15) is 88.2 Å². The van der Waals surface area contributed by atoms with Gasteiger partial charge in [0.15, 0.2) is 0 Å². The number of ether oxygens (including phenoxy) is 13. The minimum absolute atomic E-state index is 0.0354. The standard InChI is InChI=1S/C51H85NO14/c1-2-3-4-5-6-7-8-9-10-15-21-54-23-25-56-27-29-58-31-33-60-35-37-62-39-41-64-43-44-65-42-40-63-38-36-61-34-32-59-30-28-57-26-24-55-22-20-52-51(53)66-45-50-48-18-13-11-16-46(48)47-17-12-14-19-49(47)50/h11-14,16-19,50H,2-10,15,20-45H2,1H3,(H,52,53). The van der Waals surface area contributed by atoms with E-state index in [1.165, 1.54) is 80.0 Å². The van der Waals surface area contributed by atoms with Crippen molar-refractivity contribution in [3.05, 3.63) is 59.7 Å². The van der Waals surface area contributed by atoms with Crippen LogP contribution in [0.15, 0.2) is 48.5 Å². The normalized spacial score (nSPS) is 12.2. The zero-order valence-electron chi connectivity index (χ0n) is 40.4. The number of alkyl carbamates (subject to hydrolysis) is 1. The van der Waals surface area contributed by atoms with Crippen LogP contribution in [-0.2, 0) is 61.6 Å². The lowest BCUT2D eigenvalue weighted by atomic mass is 9.98. The number of hydrogen-bond acceptors (Lipinski definition) is 14. The highest BCUT2D eigenvalue weighted by molar-refractivity contribution is 5.79. The van der Waals surface area contributed by atoms with E-state index in [2.05, 4.69) is 36.5 Å². The van der Waals surface area contributed by atoms with Gasteiger partial charge in [0, 0.05) is 19.1 Å². The van der Waals surface area contributed by atoms with Gasteiger partial charge in [0.25, 0.3) is 0 Å². The van der Waals surface area contributed by atoms with Crippen molar-refractivity contribution in [2.24, 2.45) is 0 Å². The lowest BCUT2D eigenvalue weighted by molar-refractivity contribution is -0.0283. The lowest BCUT2D eigenvalue weighted by Gasteiger charge is -2.14. The molecule has 2 aromatic rings. The highest BCUT2D eigenvalue weighted by Gasteiger charge is 2.29. The SMILES string of the molecule is CCCCCCCCCCCCOCCOCCOCCOCCOCCOCCOCCOCCOCCOCCOCCOCCNC(=O)OCC1c2ccccc2-c2ccccc21. The molecule has 3 rings (SSSR count). The van der Waals surface area contributed by atoms with E-state index in [1.54, 1.807) is 0 Å². The fourth-order valence-electron chi connectivity index (χ4n) is 7.09. The molecular formula is C51H85NO14. The number of unbranched alkanes of at least 4 members (excludes halogenated alkanes) is 9. The van der Waals surface area contributed by atoms with E-state index in [1.807, 2.05) is 24.3 Å². The molecule has 0 aliphatic heterocycles. The molecule has 0 spiro atoms. The van der Waals surface area contributed by atoms with Crippen LogP contribution in [0.2, 0.25) is 0 Å². The Kier molecular flexibility index (Phi) is 37.9. The second-order valence-electron chi connectivity index (χ2n) is 15.8. The molecule has 66 heavy (non-hydrogen) atoms. The summed E-state index contributed by atoms with van der Waals surface area (Å²) in [5.74, 6) is 0.0354. The number of carbonyl (C=O) groups excluding carboxylic acids is 1. The molecule has 0 heterocycles. The van der Waals surface area contributed by atoms with Gasteiger partial charge in [-0.2, -0.15) is 0 Å². The van der Waals surface area contributed by atoms with E-state index in [9.17, 15) is 4.79 Å². The van der Waals surface area contributed by atoms with Crippen LogP contribution < -0.4 is 5.32 Å². The monoisotopic (exact) mass is 936 g/mol. The van der Waals surface area contributed by atoms with E-state index < -0.39 is 6.09 Å². The quantitative estimate of drug-likeness (QED) is 0.0648. The molecule has 0 radical (unpaired) electrons. The average Bonchev–Trinajstić information content (AvgIpc) is 3.66. The Bertz CT molecular complexity index is 1340. The smallest absolute Gasteiger partial charge is 0.407 e. The van der Waals surface area contributed by atoms with Crippen molar-refractivity contribution in [3.8, 4) is 11.1 Å². The average molecular weight is 936 g/mol. The van der Waals surface area contributed by atoms with Crippen LogP contribution in [0.5, 0.6) is 0 Å². The Morgan fingerprint density at radius 3 is 1.02 bits per heavy atom. The van der Waals surface area contributed by atoms with Crippen molar-refractivity contribution in [2.75, 3.05) is 172 Å². The fraction of sp³-hybridized carbons (Fsp3) is 0.745. The summed E-state index contributed by atoms with van der Waals surface area (Å²) < 4.78 is 72.1. The third kappa shape index (κ3) is 30.6. The Labute approximate surface area is 396 Å². The molecule has 0 saturated heterocycles. The Morgan fingerprint density at radius 2 is 0.667 bits per heavy atom. The summed E-state index contributed by atoms with van der Waals surface area (Å²) in [6.45, 7) is 15.3. The first-order valence-corrected chi connectivity index (χ1v) is 24.8. The minimum Gasteiger partial charge on any atom is -0.449 e. The summed E-state index contributed by atoms with van der Waals surface area (Å²) in [6.07, 6.45) is 12.9. The second kappa shape index (κ2) is 43.5. The third-order valence-electron chi connectivity index (χ3n) is 10.6. The second-order valence-corrected chi connectivity index (χ2v) is 15.8. The van der Waals surface area contributed by atoms with Crippen LogP contribution in [0.3, 0.4) is 0 Å². The van der Waals surface area contributed by atoms with Crippen molar-refractivity contribution in [2.45, 2.75) is 77.0 Å². The van der Waals surface area contributed by atoms with Crippen LogP contribution in [-0.4, -0.2) is 178 Å². The predicted molar refractivity (Wildman–Crippen MR) is 255 cm³/mol. The molecular weight excluding hydrogens is 851 g/mol. The molecule has 2 aromatic carbocycles. The Balaban J connectivity index is 0.898. The van der Waals surface area contributed by atoms with Gasteiger partial charge >= 0.3 is 6.09 Å². The van der Waals surface area contributed by atoms with Gasteiger partial charge in [0.05, 0.1) is 152 Å². The maximum Gasteiger partial charge on any atom is 0.407 e. The lowest BCUT2D eigenvalue weighted by Crippen LogP contribution is -2.29. The van der Waals surface area contributed by atoms with Gasteiger partial charge in [-0.25, -0.2) is 4.79 Å². The van der Waals surface area contributed by atoms with Gasteiger partial charge in [0.1, 0.15) is 6.61 Å². The highest BCUT2D eigenvalue weighted by Crippen LogP contribution is 2.44. The molecule has 1 N–H and O–H groups in total. The molecule has 378 valence electrons. The number of hydrogen-bond donors (Lipinski definition) is 1. The predicted octanol–water partition coefficient (Wildman–Crippen LogP) is 7.65. The molecule has 0 atom stereocenters. The molecule has 1 aliphatic rings. The summed E-state index contributed by atoms with van der Waals surface area (Å²) in [6, 6.07) is 16.5. The largest absolute Gasteiger partial charge is 0.449 e. The molecule has 0 bridgehead atoms. The maximum atomic E-state index is 12.3. The number of fused-ring (bicyclic) bond motifs is 3. The molecule has 15 nitrogen and oxygen atoms in total. The van der Waals surface area contributed by atoms with E-state index in [-0.39, 0.29) is 12.5 Å². The minimum atomic E-state index is -0.452. The summed E-state index contributed by atoms with van der Waals surface area (Å²) in [5, 5.41) is 2.75. The zero-order valence-corrected chi connectivity index (χ0v) is 40.4. The van der Waals surface area contributed by atoms with Crippen molar-refractivity contribution in [3.63, 3.8) is 0 Å². The van der Waals surface area contributed by atoms with Crippen LogP contribution in [0, 0.1) is 0 Å². The summed E-state index contributed by atoms with van der Waals surface area (Å²) in [5.41, 5.74) is 4.77. The Hall–Kier alpha value is -2.77. The van der Waals surface area contributed by atoms with Gasteiger partial charge in [-0.3, -0.25) is 0 Å². The molecule has 0 saturated carbocycles. The van der Waals surface area contributed by atoms with Crippen LogP contribution >= 0.6 is 0 Å². The zero-order chi connectivity index (χ0) is 46.5. The molecule has 0 aromatic heterocycles. The number of rotatable bonds is 49. The number of carbonyl (C=O) groups is 1. The van der Waals surface area contributed by atoms with E-state index in [0.717, 1.165) is 13.0 Å². The van der Waals surface area contributed by atoms with Crippen LogP contribution in [0.25, 0.3) is 11.1 Å². The third-order valence-corrected chi connectivity index (χ3v) is 10.6. The first-order valence-electron chi connectivity index (χ1n) is 24.8. The van der Waals surface area contributed by atoms with E-state index >= 15 is 0 Å². The van der Waals surface area contributed by atoms with Gasteiger partial charge in [-0.15, -0.1) is 0 Å². The first-order chi connectivity index (χ1) is 32.8. The maximum absolute atomic E-state index is 12.3. The van der Waals surface area contributed by atoms with Crippen molar-refractivity contribution >= 4 is 6.09 Å². The molecule has 1 amide bonds. The van der Waals surface area contributed by atoms with Crippen LogP contribution in [0.4, 0.5) is 4.79 Å². The summed E-state index contributed by atoms with van der Waals surface area (Å²) in [7, 11) is 0. The highest BCUT2D eigenvalue weighted by atomic mass is 16.6. The van der Waals surface area contributed by atoms with Crippen molar-refractivity contribution < 1.29 is 66.4 Å². The molecule has 0 unspecified atom stereocenters. The molecule has 15 heteroatoms. The van der Waals surface area contributed by atoms with Crippen molar-refractivity contribution in [1.82, 2.24) is 5.32 Å². The summed E-state index contributed by atoms with van der Waals surface area (Å²) >= 11 is 0. The van der Waals surface area contributed by atoms with Gasteiger partial charge in [0.2, 0.25) is 0 Å². The fourth-order valence-corrected chi connectivity index (χ4v) is 7.09. The Morgan fingerprint density at radius 1 is 0.379 bits per heavy atom. The van der Waals surface area contributed by atoms with Gasteiger partial charge < -0.3 is 66.9 Å². The number of benzene rings is 2. The van der Waals surface area contributed by atoms with Gasteiger partial charge in [-0.05, 0) is 28.7 Å². The number of nitrogens with one attached hydrogen (secondary N) is 1. The first kappa shape index (κ1) is 57.5. The summed E-state index contributed by atoms with van der Waals surface area (Å²) in [4.78, 5) is 12.3. The number of amides is 1. The van der Waals surface area contributed by atoms with Gasteiger partial charge in [-0.1, -0.05) is 113 Å². The van der Waals surface area contributed by atoms with E-state index in [4.69, 9.17) is 61.6 Å². The molecule has 0 fully saturated rings.